The van der Waals surface area contributed by atoms with Gasteiger partial charge in [0, 0.05) is 22.7 Å². The lowest BCUT2D eigenvalue weighted by Crippen LogP contribution is -2.38. The minimum absolute atomic E-state index is 0.419. The lowest BCUT2D eigenvalue weighted by atomic mass is 10.1. The van der Waals surface area contributed by atoms with Crippen molar-refractivity contribution >= 4 is 29.4 Å². The van der Waals surface area contributed by atoms with Gasteiger partial charge in [0.25, 0.3) is 11.7 Å². The highest BCUT2D eigenvalue weighted by Gasteiger charge is 2.18. The van der Waals surface area contributed by atoms with Crippen LogP contribution in [0.3, 0.4) is 0 Å². The van der Waals surface area contributed by atoms with Gasteiger partial charge in [0.15, 0.2) is 0 Å². The van der Waals surface area contributed by atoms with E-state index in [4.69, 9.17) is 5.11 Å². The van der Waals surface area contributed by atoms with E-state index < -0.39 is 17.9 Å². The van der Waals surface area contributed by atoms with E-state index in [1.54, 1.807) is 16.6 Å². The lowest BCUT2D eigenvalue weighted by molar-refractivity contribution is -0.138. The van der Waals surface area contributed by atoms with Gasteiger partial charge in [-0.3, -0.25) is 9.59 Å². The summed E-state index contributed by atoms with van der Waals surface area (Å²) in [5.41, 5.74) is 3.03. The normalized spacial score (nSPS) is 12.1. The van der Waals surface area contributed by atoms with Crippen molar-refractivity contribution < 1.29 is 14.7 Å². The van der Waals surface area contributed by atoms with Crippen LogP contribution in [0.25, 0.3) is 5.78 Å². The number of aryl methyl sites for hydroxylation is 2. The monoisotopic (exact) mass is 385 g/mol. The van der Waals surface area contributed by atoms with Crippen molar-refractivity contribution in [1.82, 2.24) is 24.9 Å². The Morgan fingerprint density at radius 3 is 2.74 bits per heavy atom. The van der Waals surface area contributed by atoms with Crippen molar-refractivity contribution in [3.63, 3.8) is 0 Å². The second-order valence-electron chi connectivity index (χ2n) is 6.12. The molecule has 1 aromatic carbocycles. The minimum Gasteiger partial charge on any atom is -0.480 e. The zero-order valence-corrected chi connectivity index (χ0v) is 15.9. The topological polar surface area (TPSA) is 109 Å². The maximum absolute atomic E-state index is 12.4. The van der Waals surface area contributed by atoms with E-state index in [2.05, 4.69) is 20.4 Å². The molecule has 140 valence electrons. The minimum atomic E-state index is -1.08. The molecule has 0 aliphatic heterocycles. The average molecular weight is 385 g/mol. The molecule has 2 N–H and O–H groups in total. The highest BCUT2D eigenvalue weighted by molar-refractivity contribution is 7.98. The molecule has 0 aliphatic rings. The number of thioether (sulfide) groups is 1. The molecule has 3 rings (SSSR count). The summed E-state index contributed by atoms with van der Waals surface area (Å²) in [6.45, 7) is 5.27. The summed E-state index contributed by atoms with van der Waals surface area (Å²) in [7, 11) is 0. The summed E-state index contributed by atoms with van der Waals surface area (Å²) in [5.74, 6) is -0.490. The van der Waals surface area contributed by atoms with E-state index in [9.17, 15) is 9.59 Å². The van der Waals surface area contributed by atoms with Crippen LogP contribution < -0.4 is 5.32 Å². The number of carboxylic acids is 1. The number of benzene rings is 1. The molecule has 1 amide bonds. The van der Waals surface area contributed by atoms with Gasteiger partial charge in [0.2, 0.25) is 5.16 Å². The molecule has 0 fully saturated rings. The zero-order chi connectivity index (χ0) is 19.6. The molecule has 0 saturated carbocycles. The SMILES string of the molecule is Cc1cc(C)n2nc(SCc3ccccc3C(=O)NC(C)C(=O)O)nc2n1. The van der Waals surface area contributed by atoms with Crippen molar-refractivity contribution in [1.29, 1.82) is 0 Å². The van der Waals surface area contributed by atoms with Crippen molar-refractivity contribution in [2.24, 2.45) is 0 Å². The quantitative estimate of drug-likeness (QED) is 0.626. The fourth-order valence-electron chi connectivity index (χ4n) is 2.56. The molecule has 9 heteroatoms. The molecule has 8 nitrogen and oxygen atoms in total. The summed E-state index contributed by atoms with van der Waals surface area (Å²) in [5, 5.41) is 16.4. The summed E-state index contributed by atoms with van der Waals surface area (Å²) in [4.78, 5) is 32.1. The van der Waals surface area contributed by atoms with E-state index in [1.807, 2.05) is 32.0 Å². The molecule has 1 unspecified atom stereocenters. The van der Waals surface area contributed by atoms with E-state index >= 15 is 0 Å². The Morgan fingerprint density at radius 2 is 2.00 bits per heavy atom. The first-order valence-corrected chi connectivity index (χ1v) is 9.29. The molecule has 2 aromatic heterocycles. The number of aromatic nitrogens is 4. The van der Waals surface area contributed by atoms with Crippen LogP contribution >= 0.6 is 11.8 Å². The maximum atomic E-state index is 12.4. The standard InChI is InChI=1S/C18H19N5O3S/c1-10-8-11(2)23-17(19-10)21-18(22-23)27-9-13-6-4-5-7-14(13)15(24)20-12(3)16(25)26/h4-8,12H,9H2,1-3H3,(H,20,24)(H,25,26). The van der Waals surface area contributed by atoms with Gasteiger partial charge < -0.3 is 10.4 Å². The number of nitrogens with one attached hydrogen (secondary N) is 1. The average Bonchev–Trinajstić information content (AvgIpc) is 3.03. The first-order chi connectivity index (χ1) is 12.8. The van der Waals surface area contributed by atoms with Crippen LogP contribution in [0.15, 0.2) is 35.5 Å². The molecule has 0 spiro atoms. The van der Waals surface area contributed by atoms with Gasteiger partial charge in [-0.05, 0) is 38.5 Å². The van der Waals surface area contributed by atoms with Gasteiger partial charge in [0.05, 0.1) is 0 Å². The zero-order valence-electron chi connectivity index (χ0n) is 15.1. The Balaban J connectivity index is 1.78. The molecule has 0 radical (unpaired) electrons. The third-order valence-electron chi connectivity index (χ3n) is 3.94. The van der Waals surface area contributed by atoms with Crippen LogP contribution in [0.1, 0.15) is 34.2 Å². The Labute approximate surface area is 160 Å². The number of carbonyl (C=O) groups excluding carboxylic acids is 1. The Morgan fingerprint density at radius 1 is 1.26 bits per heavy atom. The van der Waals surface area contributed by atoms with Crippen LogP contribution in [-0.4, -0.2) is 42.6 Å². The van der Waals surface area contributed by atoms with E-state index in [1.165, 1.54) is 18.7 Å². The summed E-state index contributed by atoms with van der Waals surface area (Å²) >= 11 is 1.39. The second kappa shape index (κ2) is 7.75. The molecule has 1 atom stereocenters. The van der Waals surface area contributed by atoms with Gasteiger partial charge in [0.1, 0.15) is 6.04 Å². The van der Waals surface area contributed by atoms with Crippen LogP contribution in [0.2, 0.25) is 0 Å². The third-order valence-corrected chi connectivity index (χ3v) is 4.82. The van der Waals surface area contributed by atoms with E-state index in [-0.39, 0.29) is 0 Å². The number of fused-ring (bicyclic) bond motifs is 1. The Bertz CT molecular complexity index is 1020. The largest absolute Gasteiger partial charge is 0.480 e. The predicted octanol–water partition coefficient (Wildman–Crippen LogP) is 2.24. The highest BCUT2D eigenvalue weighted by atomic mass is 32.2. The molecular weight excluding hydrogens is 366 g/mol. The first-order valence-electron chi connectivity index (χ1n) is 8.30. The van der Waals surface area contributed by atoms with Gasteiger partial charge in [-0.1, -0.05) is 30.0 Å². The fourth-order valence-corrected chi connectivity index (χ4v) is 3.38. The van der Waals surface area contributed by atoms with Gasteiger partial charge in [-0.25, -0.2) is 9.50 Å². The van der Waals surface area contributed by atoms with Crippen molar-refractivity contribution in [2.75, 3.05) is 0 Å². The number of hydrogen-bond donors (Lipinski definition) is 2. The maximum Gasteiger partial charge on any atom is 0.325 e. The van der Waals surface area contributed by atoms with Crippen molar-refractivity contribution in [3.8, 4) is 0 Å². The van der Waals surface area contributed by atoms with Crippen molar-refractivity contribution in [3.05, 3.63) is 52.8 Å². The molecular formula is C18H19N5O3S. The highest BCUT2D eigenvalue weighted by Crippen LogP contribution is 2.22. The molecule has 27 heavy (non-hydrogen) atoms. The number of carboxylic acid groups (broad SMARTS) is 1. The molecule has 0 bridgehead atoms. The van der Waals surface area contributed by atoms with E-state index in [0.29, 0.717) is 22.3 Å². The number of rotatable bonds is 6. The first kappa shape index (κ1) is 18.8. The van der Waals surface area contributed by atoms with Gasteiger partial charge >= 0.3 is 5.97 Å². The predicted molar refractivity (Wildman–Crippen MR) is 101 cm³/mol. The molecule has 0 saturated heterocycles. The molecule has 0 aliphatic carbocycles. The number of amides is 1. The number of carbonyl (C=O) groups is 2. The number of hydrogen-bond acceptors (Lipinski definition) is 6. The Kier molecular flexibility index (Phi) is 5.41. The number of aliphatic carboxylic acids is 1. The van der Waals surface area contributed by atoms with E-state index in [0.717, 1.165) is 17.0 Å². The Hall–Kier alpha value is -2.94. The van der Waals surface area contributed by atoms with Crippen LogP contribution in [-0.2, 0) is 10.5 Å². The van der Waals surface area contributed by atoms with Gasteiger partial charge in [-0.2, -0.15) is 4.98 Å². The van der Waals surface area contributed by atoms with Crippen LogP contribution in [0.4, 0.5) is 0 Å². The summed E-state index contributed by atoms with van der Waals surface area (Å²) in [6, 6.07) is 8.05. The lowest BCUT2D eigenvalue weighted by Gasteiger charge is -2.12. The summed E-state index contributed by atoms with van der Waals surface area (Å²) < 4.78 is 1.68. The van der Waals surface area contributed by atoms with Gasteiger partial charge in [-0.15, -0.1) is 5.10 Å². The number of nitrogens with zero attached hydrogens (tertiary/aromatic N) is 4. The van der Waals surface area contributed by atoms with Crippen LogP contribution in [0.5, 0.6) is 0 Å². The smallest absolute Gasteiger partial charge is 0.325 e. The van der Waals surface area contributed by atoms with Crippen molar-refractivity contribution in [2.45, 2.75) is 37.7 Å². The third kappa shape index (κ3) is 4.25. The molecule has 3 aromatic rings. The summed E-state index contributed by atoms with van der Waals surface area (Å²) in [6.07, 6.45) is 0. The molecule has 2 heterocycles. The second-order valence-corrected chi connectivity index (χ2v) is 7.07. The fraction of sp³-hybridized carbons (Fsp3) is 0.278. The van der Waals surface area contributed by atoms with Crippen LogP contribution in [0, 0.1) is 13.8 Å².